The van der Waals surface area contributed by atoms with Crippen molar-refractivity contribution in [1.82, 2.24) is 4.90 Å². The Morgan fingerprint density at radius 3 is 2.52 bits per heavy atom. The van der Waals surface area contributed by atoms with Crippen LogP contribution in [0, 0.1) is 6.92 Å². The maximum Gasteiger partial charge on any atom is 0.185 e. The number of thiophene rings is 1. The van der Waals surface area contributed by atoms with Crippen LogP contribution < -0.4 is 0 Å². The van der Waals surface area contributed by atoms with Crippen LogP contribution in [0.5, 0.6) is 0 Å². The maximum atomic E-state index is 13.0. The summed E-state index contributed by atoms with van der Waals surface area (Å²) in [7, 11) is 0. The second-order valence-corrected chi connectivity index (χ2v) is 6.20. The number of benzene rings is 1. The number of hydrogen-bond donors (Lipinski definition) is 0. The molecule has 2 heterocycles. The Hall–Kier alpha value is -1.49. The van der Waals surface area contributed by atoms with E-state index in [1.165, 1.54) is 5.56 Å². The molecular formula is C17H19NO2S. The molecule has 1 aliphatic rings. The van der Waals surface area contributed by atoms with Crippen LogP contribution in [0.15, 0.2) is 41.8 Å². The predicted molar refractivity (Wildman–Crippen MR) is 85.0 cm³/mol. The van der Waals surface area contributed by atoms with Gasteiger partial charge in [0.05, 0.1) is 13.2 Å². The van der Waals surface area contributed by atoms with Crippen molar-refractivity contribution in [3.8, 4) is 0 Å². The summed E-state index contributed by atoms with van der Waals surface area (Å²) in [6, 6.07) is 11.5. The molecule has 1 unspecified atom stereocenters. The fourth-order valence-electron chi connectivity index (χ4n) is 2.71. The second kappa shape index (κ2) is 6.52. The van der Waals surface area contributed by atoms with Crippen LogP contribution in [0.2, 0.25) is 0 Å². The maximum absolute atomic E-state index is 13.0. The van der Waals surface area contributed by atoms with Gasteiger partial charge in [0.2, 0.25) is 0 Å². The normalized spacial score (nSPS) is 17.6. The van der Waals surface area contributed by atoms with Crippen molar-refractivity contribution in [2.75, 3.05) is 26.3 Å². The van der Waals surface area contributed by atoms with Gasteiger partial charge in [-0.1, -0.05) is 30.3 Å². The van der Waals surface area contributed by atoms with Crippen LogP contribution in [0.4, 0.5) is 0 Å². The van der Waals surface area contributed by atoms with Gasteiger partial charge in [-0.15, -0.1) is 11.3 Å². The van der Waals surface area contributed by atoms with Gasteiger partial charge < -0.3 is 4.74 Å². The van der Waals surface area contributed by atoms with Crippen molar-refractivity contribution in [3.63, 3.8) is 0 Å². The fraction of sp³-hybridized carbons (Fsp3) is 0.353. The first-order valence-corrected chi connectivity index (χ1v) is 8.10. The Kier molecular flexibility index (Phi) is 4.48. The third kappa shape index (κ3) is 3.07. The lowest BCUT2D eigenvalue weighted by Gasteiger charge is -2.33. The molecule has 0 bridgehead atoms. The molecule has 4 heteroatoms. The SMILES string of the molecule is Cc1ccsc1C(C(=O)c1ccccc1)N1CCOCC1. The number of morpholine rings is 1. The summed E-state index contributed by atoms with van der Waals surface area (Å²) in [5.74, 6) is 0.183. The van der Waals surface area contributed by atoms with E-state index in [0.717, 1.165) is 23.5 Å². The summed E-state index contributed by atoms with van der Waals surface area (Å²) < 4.78 is 5.43. The third-order valence-corrected chi connectivity index (χ3v) is 4.94. The first-order chi connectivity index (χ1) is 10.3. The predicted octanol–water partition coefficient (Wildman–Crippen LogP) is 3.31. The highest BCUT2D eigenvalue weighted by atomic mass is 32.1. The van der Waals surface area contributed by atoms with E-state index in [9.17, 15) is 4.79 Å². The van der Waals surface area contributed by atoms with Gasteiger partial charge in [-0.05, 0) is 23.9 Å². The van der Waals surface area contributed by atoms with E-state index in [4.69, 9.17) is 4.74 Å². The molecule has 3 nitrogen and oxygen atoms in total. The van der Waals surface area contributed by atoms with Crippen molar-refractivity contribution < 1.29 is 9.53 Å². The van der Waals surface area contributed by atoms with Gasteiger partial charge in [-0.2, -0.15) is 0 Å². The fourth-order valence-corrected chi connectivity index (χ4v) is 3.77. The lowest BCUT2D eigenvalue weighted by Crippen LogP contribution is -2.42. The van der Waals surface area contributed by atoms with Gasteiger partial charge in [0.15, 0.2) is 5.78 Å². The number of nitrogens with zero attached hydrogens (tertiary/aromatic N) is 1. The van der Waals surface area contributed by atoms with Gasteiger partial charge in [0.1, 0.15) is 6.04 Å². The van der Waals surface area contributed by atoms with Crippen LogP contribution in [-0.2, 0) is 4.74 Å². The Balaban J connectivity index is 1.96. The molecule has 1 saturated heterocycles. The molecule has 0 radical (unpaired) electrons. The number of aryl methyl sites for hydroxylation is 1. The van der Waals surface area contributed by atoms with Crippen LogP contribution in [-0.4, -0.2) is 37.0 Å². The monoisotopic (exact) mass is 301 g/mol. The van der Waals surface area contributed by atoms with Crippen LogP contribution in [0.25, 0.3) is 0 Å². The van der Waals surface area contributed by atoms with Gasteiger partial charge >= 0.3 is 0 Å². The first-order valence-electron chi connectivity index (χ1n) is 7.22. The van der Waals surface area contributed by atoms with Crippen molar-refractivity contribution in [1.29, 1.82) is 0 Å². The van der Waals surface area contributed by atoms with E-state index in [1.807, 2.05) is 30.3 Å². The summed E-state index contributed by atoms with van der Waals surface area (Å²) in [6.07, 6.45) is 0. The molecule has 1 atom stereocenters. The van der Waals surface area contributed by atoms with E-state index in [0.29, 0.717) is 13.2 Å². The number of carbonyl (C=O) groups is 1. The summed E-state index contributed by atoms with van der Waals surface area (Å²) >= 11 is 1.67. The van der Waals surface area contributed by atoms with E-state index in [1.54, 1.807) is 11.3 Å². The molecule has 0 spiro atoms. The Morgan fingerprint density at radius 2 is 1.90 bits per heavy atom. The molecule has 0 N–H and O–H groups in total. The summed E-state index contributed by atoms with van der Waals surface area (Å²) in [5.41, 5.74) is 1.97. The summed E-state index contributed by atoms with van der Waals surface area (Å²) in [5, 5.41) is 2.07. The minimum Gasteiger partial charge on any atom is -0.379 e. The van der Waals surface area contributed by atoms with E-state index in [2.05, 4.69) is 23.3 Å². The average Bonchev–Trinajstić information content (AvgIpc) is 2.95. The Morgan fingerprint density at radius 1 is 1.19 bits per heavy atom. The molecule has 0 aliphatic carbocycles. The number of carbonyl (C=O) groups excluding carboxylic acids is 1. The average molecular weight is 301 g/mol. The minimum absolute atomic E-state index is 0.183. The Bertz CT molecular complexity index is 602. The third-order valence-electron chi connectivity index (χ3n) is 3.87. The molecule has 1 aromatic carbocycles. The topological polar surface area (TPSA) is 29.5 Å². The quantitative estimate of drug-likeness (QED) is 0.811. The molecule has 21 heavy (non-hydrogen) atoms. The standard InChI is InChI=1S/C17H19NO2S/c1-13-7-12-21-17(13)15(18-8-10-20-11-9-18)16(19)14-5-3-2-4-6-14/h2-7,12,15H,8-11H2,1H3. The molecule has 2 aromatic rings. The molecule has 3 rings (SSSR count). The van der Waals surface area contributed by atoms with Crippen LogP contribution >= 0.6 is 11.3 Å². The van der Waals surface area contributed by atoms with Crippen molar-refractivity contribution in [2.24, 2.45) is 0 Å². The van der Waals surface area contributed by atoms with Crippen molar-refractivity contribution in [2.45, 2.75) is 13.0 Å². The van der Waals surface area contributed by atoms with Gasteiger partial charge in [0.25, 0.3) is 0 Å². The number of hydrogen-bond acceptors (Lipinski definition) is 4. The van der Waals surface area contributed by atoms with Crippen LogP contribution in [0.3, 0.4) is 0 Å². The van der Waals surface area contributed by atoms with Gasteiger partial charge in [-0.3, -0.25) is 9.69 Å². The summed E-state index contributed by atoms with van der Waals surface area (Å²) in [4.78, 5) is 16.4. The highest BCUT2D eigenvalue weighted by Crippen LogP contribution is 2.32. The minimum atomic E-state index is -0.184. The Labute approximate surface area is 129 Å². The van der Waals surface area contributed by atoms with Crippen LogP contribution in [0.1, 0.15) is 26.8 Å². The van der Waals surface area contributed by atoms with E-state index >= 15 is 0 Å². The molecule has 1 fully saturated rings. The highest BCUT2D eigenvalue weighted by Gasteiger charge is 2.31. The summed E-state index contributed by atoms with van der Waals surface area (Å²) in [6.45, 7) is 5.09. The lowest BCUT2D eigenvalue weighted by atomic mass is 9.99. The van der Waals surface area contributed by atoms with E-state index < -0.39 is 0 Å². The van der Waals surface area contributed by atoms with Crippen molar-refractivity contribution in [3.05, 3.63) is 57.8 Å². The molecule has 0 saturated carbocycles. The lowest BCUT2D eigenvalue weighted by molar-refractivity contribution is 0.0177. The molecular weight excluding hydrogens is 282 g/mol. The number of Topliss-reactive ketones (excluding diaryl/α,β-unsaturated/α-hetero) is 1. The van der Waals surface area contributed by atoms with Gasteiger partial charge in [-0.25, -0.2) is 0 Å². The zero-order chi connectivity index (χ0) is 14.7. The zero-order valence-corrected chi connectivity index (χ0v) is 12.9. The number of ketones is 1. The molecule has 1 aliphatic heterocycles. The largest absolute Gasteiger partial charge is 0.379 e. The number of ether oxygens (including phenoxy) is 1. The second-order valence-electron chi connectivity index (χ2n) is 5.25. The van der Waals surface area contributed by atoms with Gasteiger partial charge in [0, 0.05) is 23.5 Å². The molecule has 0 amide bonds. The van der Waals surface area contributed by atoms with E-state index in [-0.39, 0.29) is 11.8 Å². The molecule has 110 valence electrons. The van der Waals surface area contributed by atoms with Crippen molar-refractivity contribution >= 4 is 17.1 Å². The zero-order valence-electron chi connectivity index (χ0n) is 12.1. The first kappa shape index (κ1) is 14.4. The smallest absolute Gasteiger partial charge is 0.185 e. The number of rotatable bonds is 4. The highest BCUT2D eigenvalue weighted by molar-refractivity contribution is 7.10. The molecule has 1 aromatic heterocycles.